The average molecular weight is 246 g/mol. The van der Waals surface area contributed by atoms with Crippen molar-refractivity contribution >= 4 is 5.91 Å². The van der Waals surface area contributed by atoms with E-state index in [-0.39, 0.29) is 11.8 Å². The quantitative estimate of drug-likeness (QED) is 0.863. The molecule has 18 heavy (non-hydrogen) atoms. The summed E-state index contributed by atoms with van der Waals surface area (Å²) < 4.78 is 0. The van der Waals surface area contributed by atoms with Crippen LogP contribution in [0, 0.1) is 5.92 Å². The first-order valence-corrected chi connectivity index (χ1v) is 6.65. The van der Waals surface area contributed by atoms with E-state index in [9.17, 15) is 4.79 Å². The highest BCUT2D eigenvalue weighted by molar-refractivity contribution is 5.79. The average Bonchev–Trinajstić information content (AvgIpc) is 2.25. The molecule has 0 radical (unpaired) electrons. The molecule has 0 atom stereocenters. The molecule has 3 nitrogen and oxygen atoms in total. The molecule has 0 saturated heterocycles. The second kappa shape index (κ2) is 6.01. The number of rotatable bonds is 5. The van der Waals surface area contributed by atoms with Crippen LogP contribution in [0.4, 0.5) is 0 Å². The van der Waals surface area contributed by atoms with Gasteiger partial charge in [-0.25, -0.2) is 0 Å². The van der Waals surface area contributed by atoms with Gasteiger partial charge in [0, 0.05) is 19.0 Å². The Morgan fingerprint density at radius 1 is 1.22 bits per heavy atom. The van der Waals surface area contributed by atoms with Crippen molar-refractivity contribution in [1.82, 2.24) is 10.2 Å². The van der Waals surface area contributed by atoms with E-state index in [4.69, 9.17) is 0 Å². The third-order valence-corrected chi connectivity index (χ3v) is 3.46. The molecule has 1 fully saturated rings. The van der Waals surface area contributed by atoms with Crippen molar-refractivity contribution in [2.75, 3.05) is 14.1 Å². The van der Waals surface area contributed by atoms with Gasteiger partial charge in [-0.1, -0.05) is 30.7 Å². The minimum absolute atomic E-state index is 0.221. The van der Waals surface area contributed by atoms with Gasteiger partial charge in [-0.05, 0) is 38.1 Å². The summed E-state index contributed by atoms with van der Waals surface area (Å²) in [5, 5.41) is 3.01. The maximum atomic E-state index is 11.7. The molecule has 1 amide bonds. The van der Waals surface area contributed by atoms with E-state index >= 15 is 0 Å². The molecule has 0 unspecified atom stereocenters. The molecule has 1 saturated carbocycles. The summed E-state index contributed by atoms with van der Waals surface area (Å²) in [4.78, 5) is 13.8. The van der Waals surface area contributed by atoms with Crippen LogP contribution < -0.4 is 5.32 Å². The fourth-order valence-corrected chi connectivity index (χ4v) is 2.13. The third-order valence-electron chi connectivity index (χ3n) is 3.46. The van der Waals surface area contributed by atoms with Crippen LogP contribution in [0.3, 0.4) is 0 Å². The third kappa shape index (κ3) is 3.57. The van der Waals surface area contributed by atoms with E-state index in [0.29, 0.717) is 6.54 Å². The molecule has 98 valence electrons. The van der Waals surface area contributed by atoms with Crippen LogP contribution >= 0.6 is 0 Å². The summed E-state index contributed by atoms with van der Waals surface area (Å²) in [6, 6.07) is 8.45. The minimum atomic E-state index is 0.221. The van der Waals surface area contributed by atoms with E-state index < -0.39 is 0 Å². The summed E-state index contributed by atoms with van der Waals surface area (Å²) in [6.07, 6.45) is 3.33. The number of carbonyl (C=O) groups is 1. The Balaban J connectivity index is 1.80. The second-order valence-electron chi connectivity index (χ2n) is 5.40. The van der Waals surface area contributed by atoms with Gasteiger partial charge in [0.05, 0.1) is 0 Å². The SMILES string of the molecule is CN(C)Cc1ccc(CNC(=O)C2CCC2)cc1. The summed E-state index contributed by atoms with van der Waals surface area (Å²) in [5.74, 6) is 0.497. The molecule has 0 heterocycles. The van der Waals surface area contributed by atoms with E-state index in [1.807, 2.05) is 0 Å². The molecule has 1 aliphatic rings. The lowest BCUT2D eigenvalue weighted by atomic mass is 9.85. The van der Waals surface area contributed by atoms with E-state index in [0.717, 1.165) is 19.4 Å². The molecule has 1 aromatic rings. The van der Waals surface area contributed by atoms with Crippen LogP contribution in [-0.2, 0) is 17.9 Å². The summed E-state index contributed by atoms with van der Waals surface area (Å²) in [7, 11) is 4.12. The highest BCUT2D eigenvalue weighted by Gasteiger charge is 2.24. The molecular formula is C15H22N2O. The second-order valence-corrected chi connectivity index (χ2v) is 5.40. The summed E-state index contributed by atoms with van der Waals surface area (Å²) in [6.45, 7) is 1.60. The Morgan fingerprint density at radius 2 is 1.83 bits per heavy atom. The molecule has 0 aliphatic heterocycles. The number of benzene rings is 1. The Morgan fingerprint density at radius 3 is 2.33 bits per heavy atom. The Bertz CT molecular complexity index is 393. The van der Waals surface area contributed by atoms with Crippen molar-refractivity contribution in [3.63, 3.8) is 0 Å². The number of nitrogens with zero attached hydrogens (tertiary/aromatic N) is 1. The summed E-state index contributed by atoms with van der Waals surface area (Å²) in [5.41, 5.74) is 2.47. The Hall–Kier alpha value is -1.35. The fraction of sp³-hybridized carbons (Fsp3) is 0.533. The molecule has 1 N–H and O–H groups in total. The lowest BCUT2D eigenvalue weighted by Gasteiger charge is -2.24. The largest absolute Gasteiger partial charge is 0.352 e. The lowest BCUT2D eigenvalue weighted by Crippen LogP contribution is -2.33. The summed E-state index contributed by atoms with van der Waals surface area (Å²) >= 11 is 0. The monoisotopic (exact) mass is 246 g/mol. The molecule has 0 bridgehead atoms. The predicted octanol–water partition coefficient (Wildman–Crippen LogP) is 2.16. The molecular weight excluding hydrogens is 224 g/mol. The molecule has 0 aromatic heterocycles. The molecule has 0 spiro atoms. The smallest absolute Gasteiger partial charge is 0.223 e. The van der Waals surface area contributed by atoms with Gasteiger partial charge in [-0.3, -0.25) is 4.79 Å². The van der Waals surface area contributed by atoms with Crippen LogP contribution in [0.5, 0.6) is 0 Å². The van der Waals surface area contributed by atoms with Crippen LogP contribution in [0.15, 0.2) is 24.3 Å². The van der Waals surface area contributed by atoms with E-state index in [1.165, 1.54) is 17.5 Å². The van der Waals surface area contributed by atoms with Crippen molar-refractivity contribution in [3.05, 3.63) is 35.4 Å². The highest BCUT2D eigenvalue weighted by atomic mass is 16.1. The maximum Gasteiger partial charge on any atom is 0.223 e. The standard InChI is InChI=1S/C15H22N2O/c1-17(2)11-13-8-6-12(7-9-13)10-16-15(18)14-4-3-5-14/h6-9,14H,3-5,10-11H2,1-2H3,(H,16,18). The van der Waals surface area contributed by atoms with Crippen LogP contribution in [0.2, 0.25) is 0 Å². The normalized spacial score (nSPS) is 15.5. The maximum absolute atomic E-state index is 11.7. The lowest BCUT2D eigenvalue weighted by molar-refractivity contribution is -0.127. The molecule has 1 aliphatic carbocycles. The zero-order valence-corrected chi connectivity index (χ0v) is 11.3. The Kier molecular flexibility index (Phi) is 4.37. The number of nitrogens with one attached hydrogen (secondary N) is 1. The van der Waals surface area contributed by atoms with Crippen LogP contribution in [0.25, 0.3) is 0 Å². The van der Waals surface area contributed by atoms with Gasteiger partial charge in [0.2, 0.25) is 5.91 Å². The van der Waals surface area contributed by atoms with Crippen LogP contribution in [0.1, 0.15) is 30.4 Å². The minimum Gasteiger partial charge on any atom is -0.352 e. The van der Waals surface area contributed by atoms with Gasteiger partial charge >= 0.3 is 0 Å². The van der Waals surface area contributed by atoms with Crippen molar-refractivity contribution in [1.29, 1.82) is 0 Å². The zero-order valence-electron chi connectivity index (χ0n) is 11.3. The number of amides is 1. The molecule has 3 heteroatoms. The van der Waals surface area contributed by atoms with Gasteiger partial charge in [-0.15, -0.1) is 0 Å². The highest BCUT2D eigenvalue weighted by Crippen LogP contribution is 2.26. The van der Waals surface area contributed by atoms with Gasteiger partial charge in [0.25, 0.3) is 0 Å². The van der Waals surface area contributed by atoms with Crippen molar-refractivity contribution < 1.29 is 4.79 Å². The number of carbonyl (C=O) groups excluding carboxylic acids is 1. The number of hydrogen-bond acceptors (Lipinski definition) is 2. The first-order valence-electron chi connectivity index (χ1n) is 6.65. The fourth-order valence-electron chi connectivity index (χ4n) is 2.13. The van der Waals surface area contributed by atoms with Gasteiger partial charge in [-0.2, -0.15) is 0 Å². The molecule has 1 aromatic carbocycles. The Labute approximate surface area is 109 Å². The van der Waals surface area contributed by atoms with Gasteiger partial charge < -0.3 is 10.2 Å². The molecule has 2 rings (SSSR count). The zero-order chi connectivity index (χ0) is 13.0. The van der Waals surface area contributed by atoms with Gasteiger partial charge in [0.15, 0.2) is 0 Å². The van der Waals surface area contributed by atoms with Crippen molar-refractivity contribution in [2.45, 2.75) is 32.4 Å². The van der Waals surface area contributed by atoms with Crippen LogP contribution in [-0.4, -0.2) is 24.9 Å². The predicted molar refractivity (Wildman–Crippen MR) is 73.0 cm³/mol. The first kappa shape index (κ1) is 13.1. The van der Waals surface area contributed by atoms with Gasteiger partial charge in [0.1, 0.15) is 0 Å². The number of hydrogen-bond donors (Lipinski definition) is 1. The topological polar surface area (TPSA) is 32.3 Å². The van der Waals surface area contributed by atoms with E-state index in [2.05, 4.69) is 48.6 Å². The van der Waals surface area contributed by atoms with E-state index in [1.54, 1.807) is 0 Å². The first-order chi connectivity index (χ1) is 8.65. The van der Waals surface area contributed by atoms with Crippen molar-refractivity contribution in [2.24, 2.45) is 5.92 Å². The van der Waals surface area contributed by atoms with Crippen molar-refractivity contribution in [3.8, 4) is 0 Å².